The van der Waals surface area contributed by atoms with Crippen LogP contribution in [0.25, 0.3) is 0 Å². The zero-order valence-corrected chi connectivity index (χ0v) is 7.79. The maximum atomic E-state index is 10.8. The summed E-state index contributed by atoms with van der Waals surface area (Å²) in [4.78, 5) is 12.9. The van der Waals surface area contributed by atoms with Crippen molar-refractivity contribution in [2.45, 2.75) is 19.3 Å². The minimum Gasteiger partial charge on any atom is -0.481 e. The second-order valence-electron chi connectivity index (χ2n) is 3.90. The summed E-state index contributed by atoms with van der Waals surface area (Å²) in [5.41, 5.74) is 0. The average Bonchev–Trinajstić information content (AvgIpc) is 2.33. The number of carboxylic acid groups (broad SMARTS) is 1. The van der Waals surface area contributed by atoms with Crippen molar-refractivity contribution in [3.8, 4) is 0 Å². The van der Waals surface area contributed by atoms with Gasteiger partial charge >= 0.3 is 5.97 Å². The molecule has 3 nitrogen and oxygen atoms in total. The van der Waals surface area contributed by atoms with Crippen LogP contribution in [-0.4, -0.2) is 36.6 Å². The molecule has 70 valence electrons. The molecule has 3 heteroatoms. The predicted molar refractivity (Wildman–Crippen MR) is 47.0 cm³/mol. The first-order valence-electron chi connectivity index (χ1n) is 4.49. The Morgan fingerprint density at radius 3 is 2.67 bits per heavy atom. The predicted octanol–water partition coefficient (Wildman–Crippen LogP) is 1.05. The molecule has 1 fully saturated rings. The van der Waals surface area contributed by atoms with E-state index in [0.29, 0.717) is 5.92 Å². The molecule has 0 bridgehead atoms. The summed E-state index contributed by atoms with van der Waals surface area (Å²) in [5, 5.41) is 8.88. The van der Waals surface area contributed by atoms with Gasteiger partial charge in [-0.1, -0.05) is 6.42 Å². The molecular weight excluding hydrogens is 154 g/mol. The fraction of sp³-hybridized carbons (Fsp3) is 0.889. The standard InChI is InChI=1S/C9H17NO2/c1-10(2)6-7-4-3-5-8(7)9(11)12/h7-8H,3-6H2,1-2H3,(H,11,12). The van der Waals surface area contributed by atoms with Crippen molar-refractivity contribution >= 4 is 5.97 Å². The Bertz CT molecular complexity index is 168. The second kappa shape index (κ2) is 3.90. The normalized spacial score (nSPS) is 29.6. The number of hydrogen-bond acceptors (Lipinski definition) is 2. The van der Waals surface area contributed by atoms with Gasteiger partial charge in [-0.3, -0.25) is 4.79 Å². The maximum absolute atomic E-state index is 10.8. The van der Waals surface area contributed by atoms with E-state index in [4.69, 9.17) is 5.11 Å². The highest BCUT2D eigenvalue weighted by molar-refractivity contribution is 5.70. The van der Waals surface area contributed by atoms with Gasteiger partial charge in [-0.15, -0.1) is 0 Å². The fourth-order valence-electron chi connectivity index (χ4n) is 2.05. The molecule has 2 unspecified atom stereocenters. The van der Waals surface area contributed by atoms with Crippen LogP contribution in [0.3, 0.4) is 0 Å². The van der Waals surface area contributed by atoms with Gasteiger partial charge in [0.05, 0.1) is 5.92 Å². The Morgan fingerprint density at radius 1 is 1.50 bits per heavy atom. The highest BCUT2D eigenvalue weighted by Gasteiger charge is 2.32. The van der Waals surface area contributed by atoms with E-state index in [0.717, 1.165) is 25.8 Å². The van der Waals surface area contributed by atoms with Gasteiger partial charge in [0.15, 0.2) is 0 Å². The molecule has 1 aliphatic carbocycles. The van der Waals surface area contributed by atoms with Gasteiger partial charge in [0, 0.05) is 6.54 Å². The number of rotatable bonds is 3. The van der Waals surface area contributed by atoms with Gasteiger partial charge in [-0.05, 0) is 32.9 Å². The van der Waals surface area contributed by atoms with Gasteiger partial charge in [0.25, 0.3) is 0 Å². The molecule has 1 aliphatic rings. The number of carboxylic acids is 1. The lowest BCUT2D eigenvalue weighted by molar-refractivity contribution is -0.143. The van der Waals surface area contributed by atoms with Crippen LogP contribution in [0.2, 0.25) is 0 Å². The first-order valence-corrected chi connectivity index (χ1v) is 4.49. The average molecular weight is 171 g/mol. The van der Waals surface area contributed by atoms with Crippen molar-refractivity contribution in [2.24, 2.45) is 11.8 Å². The summed E-state index contributed by atoms with van der Waals surface area (Å²) in [6.07, 6.45) is 3.03. The maximum Gasteiger partial charge on any atom is 0.306 e. The van der Waals surface area contributed by atoms with Crippen LogP contribution in [0.1, 0.15) is 19.3 Å². The monoisotopic (exact) mass is 171 g/mol. The van der Waals surface area contributed by atoms with Crippen LogP contribution in [0.4, 0.5) is 0 Å². The molecule has 0 aliphatic heterocycles. The molecule has 0 aromatic heterocycles. The Hall–Kier alpha value is -0.570. The molecule has 1 N–H and O–H groups in total. The van der Waals surface area contributed by atoms with Crippen LogP contribution in [-0.2, 0) is 4.79 Å². The third-order valence-electron chi connectivity index (χ3n) is 2.58. The van der Waals surface area contributed by atoms with Crippen molar-refractivity contribution in [3.63, 3.8) is 0 Å². The Balaban J connectivity index is 2.46. The van der Waals surface area contributed by atoms with E-state index in [1.807, 2.05) is 14.1 Å². The summed E-state index contributed by atoms with van der Waals surface area (Å²) in [6, 6.07) is 0. The van der Waals surface area contributed by atoms with Gasteiger partial charge in [0.1, 0.15) is 0 Å². The third-order valence-corrected chi connectivity index (χ3v) is 2.58. The summed E-state index contributed by atoms with van der Waals surface area (Å²) >= 11 is 0. The Labute approximate surface area is 73.4 Å². The van der Waals surface area contributed by atoms with Crippen LogP contribution in [0, 0.1) is 11.8 Å². The van der Waals surface area contributed by atoms with Crippen molar-refractivity contribution in [1.82, 2.24) is 4.90 Å². The van der Waals surface area contributed by atoms with E-state index in [9.17, 15) is 4.79 Å². The van der Waals surface area contributed by atoms with Crippen molar-refractivity contribution < 1.29 is 9.90 Å². The topological polar surface area (TPSA) is 40.5 Å². The molecule has 1 saturated carbocycles. The molecule has 2 atom stereocenters. The van der Waals surface area contributed by atoms with E-state index >= 15 is 0 Å². The largest absolute Gasteiger partial charge is 0.481 e. The lowest BCUT2D eigenvalue weighted by Gasteiger charge is -2.19. The van der Waals surface area contributed by atoms with E-state index in [-0.39, 0.29) is 5.92 Å². The first kappa shape index (κ1) is 9.52. The molecule has 0 aromatic carbocycles. The summed E-state index contributed by atoms with van der Waals surface area (Å²) < 4.78 is 0. The van der Waals surface area contributed by atoms with E-state index in [1.54, 1.807) is 0 Å². The summed E-state index contributed by atoms with van der Waals surface area (Å²) in [5.74, 6) is -0.329. The molecule has 12 heavy (non-hydrogen) atoms. The number of aliphatic carboxylic acids is 1. The number of carbonyl (C=O) groups is 1. The molecule has 0 aromatic rings. The molecule has 1 rings (SSSR count). The quantitative estimate of drug-likeness (QED) is 0.690. The highest BCUT2D eigenvalue weighted by Crippen LogP contribution is 2.31. The highest BCUT2D eigenvalue weighted by atomic mass is 16.4. The Morgan fingerprint density at radius 2 is 2.17 bits per heavy atom. The van der Waals surface area contributed by atoms with Gasteiger partial charge in [-0.25, -0.2) is 0 Å². The van der Waals surface area contributed by atoms with Crippen LogP contribution in [0.15, 0.2) is 0 Å². The first-order chi connectivity index (χ1) is 5.61. The molecule has 0 saturated heterocycles. The van der Waals surface area contributed by atoms with Crippen LogP contribution < -0.4 is 0 Å². The second-order valence-corrected chi connectivity index (χ2v) is 3.90. The van der Waals surface area contributed by atoms with Gasteiger partial charge < -0.3 is 10.0 Å². The minimum atomic E-state index is -0.612. The molecule has 0 radical (unpaired) electrons. The van der Waals surface area contributed by atoms with Crippen LogP contribution in [0.5, 0.6) is 0 Å². The van der Waals surface area contributed by atoms with Crippen LogP contribution >= 0.6 is 0 Å². The number of hydrogen-bond donors (Lipinski definition) is 1. The lowest BCUT2D eigenvalue weighted by atomic mass is 9.96. The zero-order chi connectivity index (χ0) is 9.14. The summed E-state index contributed by atoms with van der Waals surface area (Å²) in [6.45, 7) is 0.914. The van der Waals surface area contributed by atoms with Gasteiger partial charge in [-0.2, -0.15) is 0 Å². The van der Waals surface area contributed by atoms with E-state index in [1.165, 1.54) is 0 Å². The summed E-state index contributed by atoms with van der Waals surface area (Å²) in [7, 11) is 3.99. The molecule has 0 amide bonds. The van der Waals surface area contributed by atoms with E-state index in [2.05, 4.69) is 4.90 Å². The van der Waals surface area contributed by atoms with Crippen molar-refractivity contribution in [1.29, 1.82) is 0 Å². The van der Waals surface area contributed by atoms with E-state index < -0.39 is 5.97 Å². The molecular formula is C9H17NO2. The lowest BCUT2D eigenvalue weighted by Crippen LogP contribution is -2.28. The van der Waals surface area contributed by atoms with Gasteiger partial charge in [0.2, 0.25) is 0 Å². The molecule has 0 heterocycles. The minimum absolute atomic E-state index is 0.0904. The smallest absolute Gasteiger partial charge is 0.306 e. The molecule has 0 spiro atoms. The fourth-order valence-corrected chi connectivity index (χ4v) is 2.05. The van der Waals surface area contributed by atoms with Crippen molar-refractivity contribution in [2.75, 3.05) is 20.6 Å². The van der Waals surface area contributed by atoms with Crippen molar-refractivity contribution in [3.05, 3.63) is 0 Å². The SMILES string of the molecule is CN(C)CC1CCCC1C(=O)O. The zero-order valence-electron chi connectivity index (χ0n) is 7.79. The number of nitrogens with zero attached hydrogens (tertiary/aromatic N) is 1. The third kappa shape index (κ3) is 2.21. The Kier molecular flexibility index (Phi) is 3.09.